The van der Waals surface area contributed by atoms with Crippen molar-refractivity contribution in [3.8, 4) is 5.75 Å². The number of ether oxygens (including phenoxy) is 1. The van der Waals surface area contributed by atoms with Crippen LogP contribution in [0.15, 0.2) is 24.3 Å². The molecule has 1 aromatic rings. The minimum absolute atomic E-state index is 0.543. The lowest BCUT2D eigenvalue weighted by molar-refractivity contribution is 0.414. The van der Waals surface area contributed by atoms with Crippen LogP contribution in [0.5, 0.6) is 5.75 Å². The Bertz CT molecular complexity index is 268. The van der Waals surface area contributed by atoms with E-state index in [2.05, 4.69) is 0 Å². The van der Waals surface area contributed by atoms with Gasteiger partial charge < -0.3 is 4.74 Å². The summed E-state index contributed by atoms with van der Waals surface area (Å²) in [5.41, 5.74) is 1.03. The highest BCUT2D eigenvalue weighted by Gasteiger charge is 2.24. The van der Waals surface area contributed by atoms with E-state index in [1.54, 1.807) is 7.11 Å². The number of hydrogen-bond acceptors (Lipinski definition) is 1. The molecule has 1 nitrogen and oxygen atoms in total. The minimum Gasteiger partial charge on any atom is -0.497 e. The Morgan fingerprint density at radius 3 is 2.08 bits per heavy atom. The molecule has 5 heteroatoms. The Labute approximate surface area is 92.7 Å². The van der Waals surface area contributed by atoms with Crippen LogP contribution in [0.4, 0.5) is 0 Å². The van der Waals surface area contributed by atoms with Crippen LogP contribution >= 0.6 is 33.2 Å². The summed E-state index contributed by atoms with van der Waals surface area (Å²) < 4.78 is 5.01. The van der Waals surface area contributed by atoms with Crippen molar-refractivity contribution >= 4 is 39.2 Å². The second-order valence-electron chi connectivity index (χ2n) is 2.64. The molecule has 13 heavy (non-hydrogen) atoms. The summed E-state index contributed by atoms with van der Waals surface area (Å²) in [7, 11) is 1.62. The maximum atomic E-state index is 5.78. The molecule has 0 aromatic heterocycles. The average molecular weight is 256 g/mol. The predicted molar refractivity (Wildman–Crippen MR) is 60.0 cm³/mol. The second kappa shape index (κ2) is 4.56. The highest BCUT2D eigenvalue weighted by Crippen LogP contribution is 2.25. The van der Waals surface area contributed by atoms with Crippen LogP contribution < -0.4 is 4.74 Å². The summed E-state index contributed by atoms with van der Waals surface area (Å²) in [6, 6.07) is 5.54. The van der Waals surface area contributed by atoms with Gasteiger partial charge in [0, 0.05) is 6.04 Å². The predicted octanol–water partition coefficient (Wildman–Crippen LogP) is 3.43. The molecule has 0 N–H and O–H groups in total. The standard InChI is InChI=1S/C8H9Cl3OSi/c1-12-8-4-2-7(3-5-8)6-13(9,10)11/h2-5H,6H2,1H3. The van der Waals surface area contributed by atoms with Crippen molar-refractivity contribution in [3.05, 3.63) is 29.8 Å². The lowest BCUT2D eigenvalue weighted by atomic mass is 10.2. The van der Waals surface area contributed by atoms with E-state index >= 15 is 0 Å². The summed E-state index contributed by atoms with van der Waals surface area (Å²) in [5.74, 6) is 0.815. The van der Waals surface area contributed by atoms with E-state index in [0.29, 0.717) is 6.04 Å². The lowest BCUT2D eigenvalue weighted by Crippen LogP contribution is -2.13. The first kappa shape index (κ1) is 11.2. The molecular formula is C8H9Cl3OSi. The van der Waals surface area contributed by atoms with E-state index in [-0.39, 0.29) is 0 Å². The van der Waals surface area contributed by atoms with Crippen LogP contribution in [-0.4, -0.2) is 13.1 Å². The Hall–Kier alpha value is 0.107. The second-order valence-corrected chi connectivity index (χ2v) is 11.8. The van der Waals surface area contributed by atoms with Crippen LogP contribution in [-0.2, 0) is 6.04 Å². The van der Waals surface area contributed by atoms with Crippen LogP contribution in [0.3, 0.4) is 0 Å². The number of benzene rings is 1. The summed E-state index contributed by atoms with van der Waals surface area (Å²) in [6.45, 7) is 0. The van der Waals surface area contributed by atoms with Gasteiger partial charge in [-0.05, 0) is 17.7 Å². The highest BCUT2D eigenvalue weighted by atomic mass is 35.8. The summed E-state index contributed by atoms with van der Waals surface area (Å²) in [6.07, 6.45) is 0. The van der Waals surface area contributed by atoms with Gasteiger partial charge in [0.05, 0.1) is 7.11 Å². The number of rotatable bonds is 3. The number of hydrogen-bond donors (Lipinski definition) is 0. The molecule has 0 aliphatic rings. The Morgan fingerprint density at radius 2 is 1.69 bits per heavy atom. The third-order valence-electron chi connectivity index (χ3n) is 1.56. The fourth-order valence-electron chi connectivity index (χ4n) is 0.975. The number of halogens is 3. The van der Waals surface area contributed by atoms with Crippen molar-refractivity contribution in [2.75, 3.05) is 7.11 Å². The Balaban J connectivity index is 2.70. The highest BCUT2D eigenvalue weighted by molar-refractivity contribution is 7.64. The van der Waals surface area contributed by atoms with E-state index in [4.69, 9.17) is 38.0 Å². The molecule has 1 rings (SSSR count). The third-order valence-corrected chi connectivity index (χ3v) is 3.58. The summed E-state index contributed by atoms with van der Waals surface area (Å²) in [5, 5.41) is 0. The minimum atomic E-state index is -2.55. The quantitative estimate of drug-likeness (QED) is 0.594. The van der Waals surface area contributed by atoms with Gasteiger partial charge in [-0.15, -0.1) is 33.2 Å². The molecule has 1 aromatic carbocycles. The monoisotopic (exact) mass is 254 g/mol. The molecule has 0 amide bonds. The SMILES string of the molecule is COc1ccc(C[Si](Cl)(Cl)Cl)cc1. The number of methoxy groups -OCH3 is 1. The normalized spacial score (nSPS) is 11.4. The molecule has 0 radical (unpaired) electrons. The van der Waals surface area contributed by atoms with Crippen molar-refractivity contribution in [2.45, 2.75) is 6.04 Å². The van der Waals surface area contributed by atoms with E-state index in [9.17, 15) is 0 Å². The zero-order valence-electron chi connectivity index (χ0n) is 7.06. The maximum absolute atomic E-state index is 5.78. The van der Waals surface area contributed by atoms with Crippen molar-refractivity contribution in [2.24, 2.45) is 0 Å². The molecule has 0 unspecified atom stereocenters. The van der Waals surface area contributed by atoms with Crippen molar-refractivity contribution < 1.29 is 4.74 Å². The van der Waals surface area contributed by atoms with Gasteiger partial charge in [-0.2, -0.15) is 0 Å². The molecule has 0 aliphatic heterocycles. The third kappa shape index (κ3) is 4.23. The van der Waals surface area contributed by atoms with Crippen LogP contribution in [0.25, 0.3) is 0 Å². The molecule has 0 bridgehead atoms. The fourth-order valence-corrected chi connectivity index (χ4v) is 3.06. The van der Waals surface area contributed by atoms with Gasteiger partial charge >= 0.3 is 6.00 Å². The Kier molecular flexibility index (Phi) is 3.92. The lowest BCUT2D eigenvalue weighted by Gasteiger charge is -2.07. The molecule has 0 spiro atoms. The Morgan fingerprint density at radius 1 is 1.15 bits per heavy atom. The summed E-state index contributed by atoms with van der Waals surface area (Å²) in [4.78, 5) is 0. The zero-order valence-corrected chi connectivity index (χ0v) is 10.3. The van der Waals surface area contributed by atoms with E-state index in [0.717, 1.165) is 11.3 Å². The summed E-state index contributed by atoms with van der Waals surface area (Å²) >= 11 is 17.3. The molecule has 0 heterocycles. The van der Waals surface area contributed by atoms with Gasteiger partial charge in [0.15, 0.2) is 0 Å². The van der Waals surface area contributed by atoms with Gasteiger partial charge in [0.2, 0.25) is 0 Å². The average Bonchev–Trinajstić information content (AvgIpc) is 2.03. The first-order chi connectivity index (χ1) is 6.01. The molecule has 0 atom stereocenters. The topological polar surface area (TPSA) is 9.23 Å². The largest absolute Gasteiger partial charge is 0.497 e. The van der Waals surface area contributed by atoms with E-state index < -0.39 is 6.00 Å². The van der Waals surface area contributed by atoms with Crippen molar-refractivity contribution in [1.29, 1.82) is 0 Å². The van der Waals surface area contributed by atoms with Crippen LogP contribution in [0.2, 0.25) is 0 Å². The van der Waals surface area contributed by atoms with Crippen molar-refractivity contribution in [3.63, 3.8) is 0 Å². The smallest absolute Gasteiger partial charge is 0.345 e. The molecule has 0 saturated heterocycles. The van der Waals surface area contributed by atoms with E-state index in [1.807, 2.05) is 24.3 Å². The van der Waals surface area contributed by atoms with E-state index in [1.165, 1.54) is 0 Å². The van der Waals surface area contributed by atoms with Gasteiger partial charge in [0.25, 0.3) is 0 Å². The van der Waals surface area contributed by atoms with Crippen LogP contribution in [0.1, 0.15) is 5.56 Å². The maximum Gasteiger partial charge on any atom is 0.345 e. The molecule has 0 fully saturated rings. The first-order valence-corrected chi connectivity index (χ1v) is 8.95. The molecule has 0 aliphatic carbocycles. The van der Waals surface area contributed by atoms with Gasteiger partial charge in [-0.3, -0.25) is 0 Å². The van der Waals surface area contributed by atoms with Crippen LogP contribution in [0, 0.1) is 0 Å². The molecule has 0 saturated carbocycles. The van der Waals surface area contributed by atoms with Gasteiger partial charge in [-0.25, -0.2) is 0 Å². The molecular weight excluding hydrogens is 247 g/mol. The molecule has 72 valence electrons. The zero-order chi connectivity index (χ0) is 9.90. The van der Waals surface area contributed by atoms with Gasteiger partial charge in [-0.1, -0.05) is 12.1 Å². The van der Waals surface area contributed by atoms with Gasteiger partial charge in [0.1, 0.15) is 5.75 Å². The van der Waals surface area contributed by atoms with Crippen molar-refractivity contribution in [1.82, 2.24) is 0 Å². The fraction of sp³-hybridized carbons (Fsp3) is 0.250. The first-order valence-electron chi connectivity index (χ1n) is 3.71.